The minimum atomic E-state index is -0.672. The number of carbonyl (C=O) groups excluding carboxylic acids is 1. The second-order valence-electron chi connectivity index (χ2n) is 10.6. The summed E-state index contributed by atoms with van der Waals surface area (Å²) in [6.45, 7) is 6.52. The summed E-state index contributed by atoms with van der Waals surface area (Å²) in [5.41, 5.74) is 0. The van der Waals surface area contributed by atoms with Crippen LogP contribution in [0.4, 0.5) is 0 Å². The van der Waals surface area contributed by atoms with Gasteiger partial charge in [-0.3, -0.25) is 4.79 Å². The first kappa shape index (κ1) is 30.4. The number of hydrogen-bond acceptors (Lipinski definition) is 3. The van der Waals surface area contributed by atoms with E-state index in [4.69, 9.17) is 5.11 Å². The third-order valence-corrected chi connectivity index (χ3v) is 6.11. The number of aliphatic hydroxyl groups is 2. The molecule has 0 saturated carbocycles. The number of aliphatic hydroxyl groups excluding tert-OH is 2. The highest BCUT2D eigenvalue weighted by atomic mass is 16.3. The highest BCUT2D eigenvalue weighted by Gasteiger charge is 2.19. The third-order valence-electron chi connectivity index (χ3n) is 6.11. The molecule has 0 saturated heterocycles. The van der Waals surface area contributed by atoms with E-state index < -0.39 is 6.10 Å². The summed E-state index contributed by atoms with van der Waals surface area (Å²) >= 11 is 0. The minimum Gasteiger partial charge on any atom is -0.393 e. The maximum Gasteiger partial charge on any atom is 0.219 e. The molecule has 0 rings (SSSR count). The van der Waals surface area contributed by atoms with E-state index in [1.54, 1.807) is 0 Å². The molecule has 0 fully saturated rings. The standard InChI is InChI=1S/C26H54N2O3/c1-24(2)18-15-13-11-9-7-5-6-8-10-12-14-16-19-26(31)27-20-17-21-28(3,4)22-25(30)23-29/h24-25,29-30H,5-23H2,1-4H3/p+1. The molecule has 5 nitrogen and oxygen atoms in total. The Morgan fingerprint density at radius 3 is 1.77 bits per heavy atom. The highest BCUT2D eigenvalue weighted by molar-refractivity contribution is 5.75. The van der Waals surface area contributed by atoms with E-state index in [2.05, 4.69) is 19.2 Å². The van der Waals surface area contributed by atoms with E-state index >= 15 is 0 Å². The van der Waals surface area contributed by atoms with Crippen LogP contribution in [0.15, 0.2) is 0 Å². The summed E-state index contributed by atoms with van der Waals surface area (Å²) in [7, 11) is 4.07. The Morgan fingerprint density at radius 2 is 1.29 bits per heavy atom. The fourth-order valence-corrected chi connectivity index (χ4v) is 4.15. The number of amides is 1. The van der Waals surface area contributed by atoms with Crippen molar-refractivity contribution in [3.63, 3.8) is 0 Å². The summed E-state index contributed by atoms with van der Waals surface area (Å²) in [6, 6.07) is 0. The summed E-state index contributed by atoms with van der Waals surface area (Å²) < 4.78 is 0.649. The predicted octanol–water partition coefficient (Wildman–Crippen LogP) is 5.04. The van der Waals surface area contributed by atoms with E-state index in [1.165, 1.54) is 70.6 Å². The van der Waals surface area contributed by atoms with Crippen molar-refractivity contribution >= 4 is 5.91 Å². The smallest absolute Gasteiger partial charge is 0.219 e. The molecule has 31 heavy (non-hydrogen) atoms. The molecule has 0 bridgehead atoms. The number of nitrogens with one attached hydrogen (secondary N) is 1. The fraction of sp³-hybridized carbons (Fsp3) is 0.962. The van der Waals surface area contributed by atoms with Crippen molar-refractivity contribution < 1.29 is 19.5 Å². The van der Waals surface area contributed by atoms with Crippen molar-refractivity contribution in [3.05, 3.63) is 0 Å². The molecule has 0 spiro atoms. The lowest BCUT2D eigenvalue weighted by molar-refractivity contribution is -0.893. The van der Waals surface area contributed by atoms with Crippen molar-refractivity contribution in [2.45, 2.75) is 116 Å². The van der Waals surface area contributed by atoms with E-state index in [1.807, 2.05) is 14.1 Å². The Hall–Kier alpha value is -0.650. The molecule has 0 aromatic heterocycles. The van der Waals surface area contributed by atoms with Crippen LogP contribution in [0.25, 0.3) is 0 Å². The third kappa shape index (κ3) is 22.3. The maximum absolute atomic E-state index is 11.9. The first-order valence-electron chi connectivity index (χ1n) is 13.1. The van der Waals surface area contributed by atoms with Gasteiger partial charge in [-0.05, 0) is 12.3 Å². The lowest BCUT2D eigenvalue weighted by atomic mass is 10.0. The van der Waals surface area contributed by atoms with Gasteiger partial charge in [0.1, 0.15) is 12.6 Å². The molecule has 0 aliphatic carbocycles. The molecule has 0 aliphatic rings. The topological polar surface area (TPSA) is 69.6 Å². The first-order valence-corrected chi connectivity index (χ1v) is 13.1. The Balaban J connectivity index is 3.36. The molecule has 1 amide bonds. The summed E-state index contributed by atoms with van der Waals surface area (Å²) in [5.74, 6) is 1.02. The van der Waals surface area contributed by atoms with Crippen molar-refractivity contribution in [1.82, 2.24) is 5.32 Å². The minimum absolute atomic E-state index is 0.161. The Kier molecular flexibility index (Phi) is 19.6. The van der Waals surface area contributed by atoms with Gasteiger partial charge in [0.25, 0.3) is 0 Å². The van der Waals surface area contributed by atoms with Crippen LogP contribution in [0, 0.1) is 5.92 Å². The van der Waals surface area contributed by atoms with Crippen molar-refractivity contribution in [2.75, 3.05) is 40.3 Å². The number of likely N-dealkylation sites (N-methyl/N-ethyl adjacent to an activating group) is 1. The predicted molar refractivity (Wildman–Crippen MR) is 132 cm³/mol. The molecule has 1 unspecified atom stereocenters. The number of rotatable bonds is 22. The van der Waals surface area contributed by atoms with Gasteiger partial charge in [-0.2, -0.15) is 0 Å². The van der Waals surface area contributed by atoms with Gasteiger partial charge in [-0.15, -0.1) is 0 Å². The van der Waals surface area contributed by atoms with Crippen LogP contribution in [-0.4, -0.2) is 67.0 Å². The van der Waals surface area contributed by atoms with Gasteiger partial charge in [-0.25, -0.2) is 0 Å². The van der Waals surface area contributed by atoms with Gasteiger partial charge < -0.3 is 20.0 Å². The zero-order valence-electron chi connectivity index (χ0n) is 21.3. The molecule has 0 aromatic rings. The van der Waals surface area contributed by atoms with Gasteiger partial charge in [0.05, 0.1) is 27.2 Å². The Labute approximate surface area is 193 Å². The number of quaternary nitrogens is 1. The Bertz CT molecular complexity index is 413. The van der Waals surface area contributed by atoms with Crippen LogP contribution in [0.1, 0.15) is 110 Å². The molecular weight excluding hydrogens is 388 g/mol. The number of nitrogens with zero attached hydrogens (tertiary/aromatic N) is 1. The highest BCUT2D eigenvalue weighted by Crippen LogP contribution is 2.14. The lowest BCUT2D eigenvalue weighted by Gasteiger charge is -2.31. The van der Waals surface area contributed by atoms with Crippen molar-refractivity contribution in [1.29, 1.82) is 0 Å². The first-order chi connectivity index (χ1) is 14.8. The average molecular weight is 444 g/mol. The molecule has 0 aromatic carbocycles. The van der Waals surface area contributed by atoms with E-state index in [9.17, 15) is 9.90 Å². The SMILES string of the molecule is CC(C)CCCCCCCCCCCCCCC(=O)NCCC[N+](C)(C)CC(O)CO. The summed E-state index contributed by atoms with van der Waals surface area (Å²) in [6.07, 6.45) is 18.1. The van der Waals surface area contributed by atoms with Gasteiger partial charge in [0.15, 0.2) is 0 Å². The van der Waals surface area contributed by atoms with Crippen LogP contribution in [-0.2, 0) is 4.79 Å². The van der Waals surface area contributed by atoms with Crippen molar-refractivity contribution in [3.8, 4) is 0 Å². The van der Waals surface area contributed by atoms with E-state index in [-0.39, 0.29) is 12.5 Å². The van der Waals surface area contributed by atoms with E-state index in [0.29, 0.717) is 24.0 Å². The number of unbranched alkanes of at least 4 members (excludes halogenated alkanes) is 11. The van der Waals surface area contributed by atoms with Crippen LogP contribution < -0.4 is 5.32 Å². The quantitative estimate of drug-likeness (QED) is 0.162. The molecule has 0 aliphatic heterocycles. The van der Waals surface area contributed by atoms with Crippen LogP contribution >= 0.6 is 0 Å². The second-order valence-corrected chi connectivity index (χ2v) is 10.6. The van der Waals surface area contributed by atoms with Crippen LogP contribution in [0.5, 0.6) is 0 Å². The maximum atomic E-state index is 11.9. The molecule has 1 atom stereocenters. The molecule has 186 valence electrons. The van der Waals surface area contributed by atoms with Gasteiger partial charge in [-0.1, -0.05) is 90.9 Å². The normalized spacial score (nSPS) is 13.0. The van der Waals surface area contributed by atoms with Gasteiger partial charge in [0.2, 0.25) is 5.91 Å². The zero-order chi connectivity index (χ0) is 23.4. The molecule has 0 radical (unpaired) electrons. The number of carbonyl (C=O) groups is 1. The van der Waals surface area contributed by atoms with Gasteiger partial charge in [0, 0.05) is 19.4 Å². The molecular formula is C26H55N2O3+. The van der Waals surface area contributed by atoms with Crippen molar-refractivity contribution in [2.24, 2.45) is 5.92 Å². The lowest BCUT2D eigenvalue weighted by Crippen LogP contribution is -2.47. The number of hydrogen-bond donors (Lipinski definition) is 3. The summed E-state index contributed by atoms with van der Waals surface area (Å²) in [4.78, 5) is 11.9. The fourth-order valence-electron chi connectivity index (χ4n) is 4.15. The van der Waals surface area contributed by atoms with Crippen LogP contribution in [0.3, 0.4) is 0 Å². The summed E-state index contributed by atoms with van der Waals surface area (Å²) in [5, 5.41) is 21.5. The molecule has 3 N–H and O–H groups in total. The average Bonchev–Trinajstić information content (AvgIpc) is 2.70. The second kappa shape index (κ2) is 20.0. The van der Waals surface area contributed by atoms with Crippen LogP contribution in [0.2, 0.25) is 0 Å². The molecule has 0 heterocycles. The van der Waals surface area contributed by atoms with E-state index in [0.717, 1.165) is 31.7 Å². The largest absolute Gasteiger partial charge is 0.393 e. The van der Waals surface area contributed by atoms with Gasteiger partial charge >= 0.3 is 0 Å². The Morgan fingerprint density at radius 1 is 0.806 bits per heavy atom. The zero-order valence-corrected chi connectivity index (χ0v) is 21.3. The molecule has 5 heteroatoms. The monoisotopic (exact) mass is 443 g/mol.